The van der Waals surface area contributed by atoms with Gasteiger partial charge >= 0.3 is 19.5 Å². The SMILES string of the molecule is CCCC1=C2[C@@H](CC/C(=C/c3ccc(O)cc3)CC)OB(O)C[C@@H]2[C@@H]2C(=O)N(c3cc(C(F)(F)F)cc(C(F)(F)F)c3)C(=O)[C@@H]2C1. The zero-order chi connectivity index (χ0) is 33.6. The Morgan fingerprint density at radius 2 is 1.61 bits per heavy atom. The zero-order valence-electron chi connectivity index (χ0n) is 25.3. The number of carbonyl (C=O) groups is 2. The van der Waals surface area contributed by atoms with Gasteiger partial charge in [0.15, 0.2) is 0 Å². The molecule has 0 spiro atoms. The Labute approximate surface area is 262 Å². The summed E-state index contributed by atoms with van der Waals surface area (Å²) in [6.07, 6.45) is -5.85. The Kier molecular flexibility index (Phi) is 9.48. The fourth-order valence-corrected chi connectivity index (χ4v) is 7.10. The number of nitrogens with zero attached hydrogens (tertiary/aromatic N) is 1. The normalized spacial score (nSPS) is 24.1. The Morgan fingerprint density at radius 1 is 0.978 bits per heavy atom. The van der Waals surface area contributed by atoms with Crippen molar-refractivity contribution >= 4 is 30.7 Å². The summed E-state index contributed by atoms with van der Waals surface area (Å²) in [5.74, 6) is -4.31. The molecule has 13 heteroatoms. The van der Waals surface area contributed by atoms with Gasteiger partial charge in [0.1, 0.15) is 5.75 Å². The first-order valence-electron chi connectivity index (χ1n) is 15.3. The number of allylic oxidation sites excluding steroid dienone is 2. The van der Waals surface area contributed by atoms with Gasteiger partial charge in [-0.15, -0.1) is 0 Å². The Hall–Kier alpha value is -3.58. The summed E-state index contributed by atoms with van der Waals surface area (Å²) in [6.45, 7) is 3.93. The second kappa shape index (κ2) is 12.9. The molecule has 5 rings (SSSR count). The van der Waals surface area contributed by atoms with Crippen molar-refractivity contribution in [3.63, 3.8) is 0 Å². The maximum absolute atomic E-state index is 13.9. The van der Waals surface area contributed by atoms with E-state index in [-0.39, 0.29) is 24.6 Å². The van der Waals surface area contributed by atoms with Gasteiger partial charge < -0.3 is 14.8 Å². The molecule has 2 aromatic rings. The summed E-state index contributed by atoms with van der Waals surface area (Å²) in [5.41, 5.74) is -0.395. The Morgan fingerprint density at radius 3 is 2.17 bits per heavy atom. The minimum absolute atomic E-state index is 0.0343. The average Bonchev–Trinajstić information content (AvgIpc) is 3.24. The third-order valence-corrected chi connectivity index (χ3v) is 9.14. The summed E-state index contributed by atoms with van der Waals surface area (Å²) in [7, 11) is -1.28. The third-order valence-electron chi connectivity index (χ3n) is 9.14. The minimum atomic E-state index is -5.15. The second-order valence-electron chi connectivity index (χ2n) is 12.1. The van der Waals surface area contributed by atoms with Crippen molar-refractivity contribution in [1.82, 2.24) is 0 Å². The van der Waals surface area contributed by atoms with Crippen LogP contribution in [0.15, 0.2) is 59.2 Å². The highest BCUT2D eigenvalue weighted by molar-refractivity contribution is 6.43. The first-order chi connectivity index (χ1) is 21.6. The van der Waals surface area contributed by atoms with Gasteiger partial charge in [-0.25, -0.2) is 4.90 Å². The van der Waals surface area contributed by atoms with Gasteiger partial charge in [-0.2, -0.15) is 26.3 Å². The maximum atomic E-state index is 13.9. The number of phenols is 1. The molecule has 4 atom stereocenters. The van der Waals surface area contributed by atoms with Crippen molar-refractivity contribution < 1.29 is 50.7 Å². The molecule has 0 saturated carbocycles. The van der Waals surface area contributed by atoms with E-state index in [0.717, 1.165) is 22.3 Å². The van der Waals surface area contributed by atoms with Crippen molar-refractivity contribution in [2.45, 2.75) is 77.1 Å². The Bertz CT molecular complexity index is 1520. The van der Waals surface area contributed by atoms with Crippen molar-refractivity contribution in [3.05, 3.63) is 75.9 Å². The van der Waals surface area contributed by atoms with E-state index in [1.165, 1.54) is 0 Å². The molecule has 0 bridgehead atoms. The molecule has 1 aliphatic carbocycles. The van der Waals surface area contributed by atoms with E-state index in [2.05, 4.69) is 0 Å². The van der Waals surface area contributed by atoms with Crippen LogP contribution in [0.1, 0.15) is 69.1 Å². The summed E-state index contributed by atoms with van der Waals surface area (Å²) < 4.78 is 87.8. The molecule has 0 unspecified atom stereocenters. The van der Waals surface area contributed by atoms with Crippen LogP contribution in [-0.2, 0) is 26.6 Å². The molecule has 0 aromatic heterocycles. The van der Waals surface area contributed by atoms with Crippen molar-refractivity contribution in [2.75, 3.05) is 4.90 Å². The number of hydrogen-bond donors (Lipinski definition) is 2. The molecular weight excluding hydrogens is 615 g/mol. The number of halogens is 6. The molecule has 2 fully saturated rings. The highest BCUT2D eigenvalue weighted by Gasteiger charge is 2.58. The van der Waals surface area contributed by atoms with Crippen LogP contribution < -0.4 is 4.90 Å². The van der Waals surface area contributed by atoms with Crippen LogP contribution in [0, 0.1) is 17.8 Å². The van der Waals surface area contributed by atoms with Gasteiger partial charge in [-0.1, -0.05) is 49.6 Å². The Balaban J connectivity index is 1.48. The van der Waals surface area contributed by atoms with E-state index in [9.17, 15) is 46.1 Å². The van der Waals surface area contributed by atoms with E-state index < -0.39 is 72.0 Å². The van der Waals surface area contributed by atoms with E-state index >= 15 is 0 Å². The summed E-state index contributed by atoms with van der Waals surface area (Å²) in [6, 6.07) is 7.48. The van der Waals surface area contributed by atoms with Crippen LogP contribution >= 0.6 is 0 Å². The number of rotatable bonds is 8. The van der Waals surface area contributed by atoms with Crippen molar-refractivity contribution in [2.24, 2.45) is 17.8 Å². The number of amides is 2. The van der Waals surface area contributed by atoms with E-state index in [1.807, 2.05) is 19.9 Å². The van der Waals surface area contributed by atoms with E-state index in [4.69, 9.17) is 4.65 Å². The number of benzene rings is 2. The molecular formula is C33H34BF6NO5. The number of hydrogen-bond acceptors (Lipinski definition) is 5. The molecule has 6 nitrogen and oxygen atoms in total. The van der Waals surface area contributed by atoms with Gasteiger partial charge in [0, 0.05) is 0 Å². The number of aromatic hydroxyl groups is 1. The number of imide groups is 1. The fraction of sp³-hybridized carbons (Fsp3) is 0.455. The monoisotopic (exact) mass is 649 g/mol. The third kappa shape index (κ3) is 6.76. The molecule has 2 N–H and O–H groups in total. The van der Waals surface area contributed by atoms with Crippen LogP contribution in [0.2, 0.25) is 6.32 Å². The molecule has 246 valence electrons. The lowest BCUT2D eigenvalue weighted by molar-refractivity contribution is -0.143. The highest BCUT2D eigenvalue weighted by atomic mass is 19.4. The minimum Gasteiger partial charge on any atom is -0.508 e. The number of fused-ring (bicyclic) bond motifs is 3. The van der Waals surface area contributed by atoms with Crippen molar-refractivity contribution in [3.8, 4) is 5.75 Å². The maximum Gasteiger partial charge on any atom is 0.455 e. The summed E-state index contributed by atoms with van der Waals surface area (Å²) in [5, 5.41) is 20.4. The van der Waals surface area contributed by atoms with Gasteiger partial charge in [0.05, 0.1) is 34.8 Å². The lowest BCUT2D eigenvalue weighted by Gasteiger charge is -2.43. The molecule has 2 aliphatic heterocycles. The standard InChI is InChI=1S/C33H34BF6NO5/c1-3-5-20-13-25-29(31(44)41(30(25)43)23-15-21(32(35,36)37)14-22(16-23)33(38,39)40)26-17-34(45)46-27(28(20)26)11-8-18(4-2)12-19-6-9-24(42)10-7-19/h6-7,9-10,12,14-16,25-27,29,42,45H,3-5,8,11,13,17H2,1-2H3/b18-12+/t25-,26+,27-,29-/m1/s1. The number of anilines is 1. The summed E-state index contributed by atoms with van der Waals surface area (Å²) in [4.78, 5) is 28.1. The highest BCUT2D eigenvalue weighted by Crippen LogP contribution is 2.52. The number of carbonyl (C=O) groups excluding carboxylic acids is 2. The second-order valence-corrected chi connectivity index (χ2v) is 12.1. The van der Waals surface area contributed by atoms with Crippen LogP contribution in [-0.4, -0.2) is 35.2 Å². The quantitative estimate of drug-likeness (QED) is 0.132. The first-order valence-corrected chi connectivity index (χ1v) is 15.3. The number of alkyl halides is 6. The lowest BCUT2D eigenvalue weighted by atomic mass is 9.58. The number of phenolic OH excluding ortho intramolecular Hbond substituents is 1. The predicted octanol–water partition coefficient (Wildman–Crippen LogP) is 7.81. The molecule has 2 saturated heterocycles. The molecule has 3 aliphatic rings. The zero-order valence-corrected chi connectivity index (χ0v) is 25.3. The van der Waals surface area contributed by atoms with Crippen LogP contribution in [0.4, 0.5) is 32.0 Å². The lowest BCUT2D eigenvalue weighted by Crippen LogP contribution is -2.46. The van der Waals surface area contributed by atoms with E-state index in [0.29, 0.717) is 49.1 Å². The molecule has 2 amide bonds. The topological polar surface area (TPSA) is 87.1 Å². The molecule has 46 heavy (non-hydrogen) atoms. The van der Waals surface area contributed by atoms with Crippen molar-refractivity contribution in [1.29, 1.82) is 0 Å². The van der Waals surface area contributed by atoms with Crippen LogP contribution in [0.25, 0.3) is 6.08 Å². The first kappa shape index (κ1) is 33.8. The molecule has 0 radical (unpaired) electrons. The van der Waals surface area contributed by atoms with Gasteiger partial charge in [0.25, 0.3) is 0 Å². The van der Waals surface area contributed by atoms with E-state index in [1.54, 1.807) is 24.3 Å². The van der Waals surface area contributed by atoms with Crippen LogP contribution in [0.3, 0.4) is 0 Å². The predicted molar refractivity (Wildman–Crippen MR) is 159 cm³/mol. The van der Waals surface area contributed by atoms with Gasteiger partial charge in [-0.3, -0.25) is 9.59 Å². The smallest absolute Gasteiger partial charge is 0.455 e. The fourth-order valence-electron chi connectivity index (χ4n) is 7.10. The average molecular weight is 649 g/mol. The summed E-state index contributed by atoms with van der Waals surface area (Å²) >= 11 is 0. The van der Waals surface area contributed by atoms with Gasteiger partial charge in [-0.05, 0) is 85.8 Å². The van der Waals surface area contributed by atoms with Gasteiger partial charge in [0.2, 0.25) is 11.8 Å². The van der Waals surface area contributed by atoms with Crippen LogP contribution in [0.5, 0.6) is 5.75 Å². The molecule has 2 aromatic carbocycles. The largest absolute Gasteiger partial charge is 0.508 e. The molecule has 2 heterocycles.